The summed E-state index contributed by atoms with van der Waals surface area (Å²) < 4.78 is 14.0. The van der Waals surface area contributed by atoms with Crippen LogP contribution in [0.4, 0.5) is 4.39 Å². The van der Waals surface area contributed by atoms with E-state index in [4.69, 9.17) is 28.2 Å². The summed E-state index contributed by atoms with van der Waals surface area (Å²) in [5, 5.41) is 6.26. The first-order valence-corrected chi connectivity index (χ1v) is 12.9. The average molecular weight is 476 g/mol. The van der Waals surface area contributed by atoms with Crippen molar-refractivity contribution < 1.29 is 9.18 Å². The number of alkyl halides is 3. The van der Waals surface area contributed by atoms with E-state index >= 15 is 0 Å². The smallest absolute Gasteiger partial charge is 0.229 e. The number of nitrogens with zero attached hydrogens (tertiary/aromatic N) is 1. The largest absolute Gasteiger partial charge is 0.353 e. The van der Waals surface area contributed by atoms with Gasteiger partial charge in [-0.3, -0.25) is 15.5 Å². The van der Waals surface area contributed by atoms with E-state index in [9.17, 15) is 9.18 Å². The molecule has 0 aromatic carbocycles. The number of hydrazine groups is 1. The lowest BCUT2D eigenvalue weighted by Gasteiger charge is -2.29. The molecule has 5 atom stereocenters. The van der Waals surface area contributed by atoms with Gasteiger partial charge in [-0.05, 0) is 63.7 Å². The van der Waals surface area contributed by atoms with Gasteiger partial charge in [0.15, 0.2) is 5.96 Å². The van der Waals surface area contributed by atoms with Gasteiger partial charge in [0.2, 0.25) is 5.91 Å². The van der Waals surface area contributed by atoms with Gasteiger partial charge in [0.25, 0.3) is 0 Å². The van der Waals surface area contributed by atoms with Crippen LogP contribution in [-0.4, -0.2) is 47.0 Å². The first-order valence-electron chi connectivity index (χ1n) is 12.1. The van der Waals surface area contributed by atoms with Crippen LogP contribution in [0.5, 0.6) is 0 Å². The summed E-state index contributed by atoms with van der Waals surface area (Å²) in [6.07, 6.45) is 9.96. The van der Waals surface area contributed by atoms with Crippen molar-refractivity contribution in [2.45, 2.75) is 112 Å². The lowest BCUT2D eigenvalue weighted by molar-refractivity contribution is -0.125. The maximum absolute atomic E-state index is 14.0. The number of hydrogen-bond acceptors (Lipinski definition) is 4. The van der Waals surface area contributed by atoms with Gasteiger partial charge in [-0.1, -0.05) is 12.8 Å². The second kappa shape index (κ2) is 11.0. The summed E-state index contributed by atoms with van der Waals surface area (Å²) in [6.45, 7) is 0. The van der Waals surface area contributed by atoms with Gasteiger partial charge in [-0.25, -0.2) is 14.8 Å². The monoisotopic (exact) mass is 475 g/mol. The lowest BCUT2D eigenvalue weighted by atomic mass is 9.83. The minimum absolute atomic E-state index is 0.101. The molecule has 5 unspecified atom stereocenters. The van der Waals surface area contributed by atoms with E-state index < -0.39 is 11.5 Å². The standard InChI is InChI=1S/C22H36Cl2FN5O/c23-15-8-5-13(6-9-15)19-12-20(30-29-19)27-22(26-16-3-1-2-4-16)28-21(31)14-7-10-17(24)18(25)11-14/h13-20,29-30H,1-12H2,(H2,26,27,28,31). The number of hydrogen-bond donors (Lipinski definition) is 4. The first kappa shape index (κ1) is 23.5. The zero-order valence-corrected chi connectivity index (χ0v) is 19.6. The third kappa shape index (κ3) is 6.46. The normalized spacial score (nSPS) is 40.1. The molecule has 6 nitrogen and oxygen atoms in total. The highest BCUT2D eigenvalue weighted by atomic mass is 35.5. The molecule has 31 heavy (non-hydrogen) atoms. The highest BCUT2D eigenvalue weighted by Crippen LogP contribution is 2.33. The molecular weight excluding hydrogens is 440 g/mol. The van der Waals surface area contributed by atoms with Crippen LogP contribution < -0.4 is 21.5 Å². The minimum Gasteiger partial charge on any atom is -0.353 e. The molecule has 4 fully saturated rings. The minimum atomic E-state index is -1.13. The molecule has 9 heteroatoms. The van der Waals surface area contributed by atoms with E-state index in [1.54, 1.807) is 0 Å². The van der Waals surface area contributed by atoms with E-state index in [-0.39, 0.29) is 24.4 Å². The number of nitrogens with one attached hydrogen (secondary N) is 4. The van der Waals surface area contributed by atoms with Crippen molar-refractivity contribution in [1.82, 2.24) is 21.5 Å². The maximum Gasteiger partial charge on any atom is 0.229 e. The number of carbonyl (C=O) groups excluding carboxylic acids is 1. The van der Waals surface area contributed by atoms with Gasteiger partial charge < -0.3 is 5.32 Å². The van der Waals surface area contributed by atoms with E-state index in [1.807, 2.05) is 0 Å². The van der Waals surface area contributed by atoms with Crippen LogP contribution in [0, 0.1) is 11.8 Å². The summed E-state index contributed by atoms with van der Waals surface area (Å²) in [4.78, 5) is 17.7. The van der Waals surface area contributed by atoms with E-state index in [2.05, 4.69) is 21.5 Å². The zero-order chi connectivity index (χ0) is 21.8. The van der Waals surface area contributed by atoms with Crippen LogP contribution in [0.15, 0.2) is 4.99 Å². The van der Waals surface area contributed by atoms with Crippen molar-refractivity contribution in [3.8, 4) is 0 Å². The second-order valence-corrected chi connectivity index (χ2v) is 11.0. The predicted octanol–water partition coefficient (Wildman–Crippen LogP) is 3.73. The third-order valence-electron chi connectivity index (χ3n) is 7.47. The van der Waals surface area contributed by atoms with E-state index in [0.29, 0.717) is 42.2 Å². The summed E-state index contributed by atoms with van der Waals surface area (Å²) in [5.74, 6) is 0.618. The molecule has 4 rings (SSSR count). The Balaban J connectivity index is 1.36. The molecule has 1 heterocycles. The fraction of sp³-hybridized carbons (Fsp3) is 0.909. The van der Waals surface area contributed by atoms with Gasteiger partial charge in [0.1, 0.15) is 12.3 Å². The van der Waals surface area contributed by atoms with Crippen LogP contribution in [-0.2, 0) is 4.79 Å². The number of rotatable bonds is 4. The van der Waals surface area contributed by atoms with Crippen molar-refractivity contribution in [2.24, 2.45) is 16.8 Å². The number of guanidine groups is 1. The molecular formula is C22H36Cl2FN5O. The summed E-state index contributed by atoms with van der Waals surface area (Å²) >= 11 is 12.2. The number of amides is 1. The molecule has 0 aromatic heterocycles. The van der Waals surface area contributed by atoms with Crippen molar-refractivity contribution in [2.75, 3.05) is 0 Å². The molecule has 1 saturated heterocycles. The molecule has 1 aliphatic heterocycles. The molecule has 176 valence electrons. The van der Waals surface area contributed by atoms with Gasteiger partial charge in [0, 0.05) is 29.8 Å². The van der Waals surface area contributed by atoms with Crippen LogP contribution >= 0.6 is 23.2 Å². The fourth-order valence-electron chi connectivity index (χ4n) is 5.50. The highest BCUT2D eigenvalue weighted by molar-refractivity contribution is 6.21. The predicted molar refractivity (Wildman–Crippen MR) is 123 cm³/mol. The summed E-state index contributed by atoms with van der Waals surface area (Å²) in [6, 6.07) is 0.698. The Hall–Kier alpha value is -0.630. The molecule has 3 aliphatic carbocycles. The molecule has 0 aromatic rings. The van der Waals surface area contributed by atoms with Crippen molar-refractivity contribution >= 4 is 35.1 Å². The maximum atomic E-state index is 14.0. The van der Waals surface area contributed by atoms with E-state index in [0.717, 1.165) is 44.9 Å². The number of halogens is 3. The van der Waals surface area contributed by atoms with Crippen LogP contribution in [0.2, 0.25) is 0 Å². The Morgan fingerprint density at radius 1 is 0.935 bits per heavy atom. The quantitative estimate of drug-likeness (QED) is 0.283. The van der Waals surface area contributed by atoms with Crippen molar-refractivity contribution in [1.29, 1.82) is 0 Å². The highest BCUT2D eigenvalue weighted by Gasteiger charge is 2.35. The average Bonchev–Trinajstić information content (AvgIpc) is 3.43. The van der Waals surface area contributed by atoms with Crippen molar-refractivity contribution in [3.05, 3.63) is 0 Å². The molecule has 4 aliphatic rings. The third-order valence-corrected chi connectivity index (χ3v) is 8.40. The topological polar surface area (TPSA) is 77.5 Å². The van der Waals surface area contributed by atoms with Crippen LogP contribution in [0.3, 0.4) is 0 Å². The van der Waals surface area contributed by atoms with Crippen LogP contribution in [0.1, 0.15) is 77.0 Å². The first-order chi connectivity index (χ1) is 15.0. The summed E-state index contributed by atoms with van der Waals surface area (Å²) in [7, 11) is 0. The fourth-order valence-corrected chi connectivity index (χ4v) is 5.98. The Morgan fingerprint density at radius 3 is 2.39 bits per heavy atom. The Bertz CT molecular complexity index is 639. The Labute approximate surface area is 194 Å². The van der Waals surface area contributed by atoms with Crippen molar-refractivity contribution in [3.63, 3.8) is 0 Å². The zero-order valence-electron chi connectivity index (χ0n) is 18.1. The summed E-state index contributed by atoms with van der Waals surface area (Å²) in [5.41, 5.74) is 6.71. The van der Waals surface area contributed by atoms with Gasteiger partial charge in [-0.15, -0.1) is 23.2 Å². The Kier molecular flexibility index (Phi) is 8.34. The molecule has 0 bridgehead atoms. The molecule has 1 amide bonds. The van der Waals surface area contributed by atoms with Gasteiger partial charge in [0.05, 0.1) is 5.38 Å². The second-order valence-electron chi connectivity index (χ2n) is 9.79. The van der Waals surface area contributed by atoms with Gasteiger partial charge >= 0.3 is 0 Å². The number of aliphatic imine (C=N–C) groups is 1. The molecule has 3 saturated carbocycles. The molecule has 0 radical (unpaired) electrons. The van der Waals surface area contributed by atoms with Crippen LogP contribution in [0.25, 0.3) is 0 Å². The van der Waals surface area contributed by atoms with E-state index in [1.165, 1.54) is 12.8 Å². The number of carbonyl (C=O) groups is 1. The lowest BCUT2D eigenvalue weighted by Crippen LogP contribution is -2.49. The SMILES string of the molecule is O=C(N/C(=N\C1CC(C2CCC(Cl)CC2)NN1)NC1CCCC1)C1CCC(Cl)C(F)C1. The Morgan fingerprint density at radius 2 is 1.68 bits per heavy atom. The van der Waals surface area contributed by atoms with Gasteiger partial charge in [-0.2, -0.15) is 0 Å². The molecule has 4 N–H and O–H groups in total. The molecule has 0 spiro atoms.